The van der Waals surface area contributed by atoms with Crippen LogP contribution in [0, 0.1) is 5.92 Å². The molecule has 1 aromatic rings. The van der Waals surface area contributed by atoms with E-state index in [1.54, 1.807) is 11.3 Å². The molecular formula is C17H28N2OS. The maximum absolute atomic E-state index is 12.7. The van der Waals surface area contributed by atoms with Gasteiger partial charge in [0.15, 0.2) is 0 Å². The number of nitrogens with zero attached hydrogens (tertiary/aromatic N) is 1. The molecule has 0 aliphatic carbocycles. The second-order valence-corrected chi connectivity index (χ2v) is 7.29. The first-order valence-electron chi connectivity index (χ1n) is 8.23. The lowest BCUT2D eigenvalue weighted by molar-refractivity contribution is 0.0686. The Bertz CT molecular complexity index is 473. The molecule has 3 nitrogen and oxygen atoms in total. The number of hydrogen-bond acceptors (Lipinski definition) is 3. The van der Waals surface area contributed by atoms with Crippen LogP contribution >= 0.6 is 11.3 Å². The highest BCUT2D eigenvalue weighted by Crippen LogP contribution is 2.27. The number of piperidine rings is 1. The highest BCUT2D eigenvalue weighted by molar-refractivity contribution is 7.14. The molecule has 0 spiro atoms. The van der Waals surface area contributed by atoms with E-state index in [1.807, 2.05) is 4.90 Å². The molecule has 2 N–H and O–H groups in total. The summed E-state index contributed by atoms with van der Waals surface area (Å²) in [6.07, 6.45) is 5.33. The number of aryl methyl sites for hydroxylation is 2. The maximum atomic E-state index is 12.7. The van der Waals surface area contributed by atoms with Crippen LogP contribution in [-0.4, -0.2) is 29.9 Å². The molecule has 2 heterocycles. The summed E-state index contributed by atoms with van der Waals surface area (Å²) in [5.74, 6) is 0.791. The maximum Gasteiger partial charge on any atom is 0.263 e. The third-order valence-electron chi connectivity index (χ3n) is 4.54. The molecule has 0 radical (unpaired) electrons. The van der Waals surface area contributed by atoms with Gasteiger partial charge < -0.3 is 10.6 Å². The van der Waals surface area contributed by atoms with Gasteiger partial charge in [0.25, 0.3) is 5.91 Å². The van der Waals surface area contributed by atoms with Gasteiger partial charge in [-0.05, 0) is 50.2 Å². The summed E-state index contributed by atoms with van der Waals surface area (Å²) >= 11 is 1.70. The Labute approximate surface area is 132 Å². The third kappa shape index (κ3) is 3.86. The minimum Gasteiger partial charge on any atom is -0.338 e. The Balaban J connectivity index is 2.04. The number of carbonyl (C=O) groups excluding carboxylic acids is 1. The normalized spacial score (nSPS) is 18.0. The Morgan fingerprint density at radius 1 is 1.43 bits per heavy atom. The average Bonchev–Trinajstić information content (AvgIpc) is 2.90. The summed E-state index contributed by atoms with van der Waals surface area (Å²) in [5, 5.41) is 0. The Kier molecular flexibility index (Phi) is 5.82. The lowest BCUT2D eigenvalue weighted by Gasteiger charge is -2.33. The number of hydrogen-bond donors (Lipinski definition) is 1. The van der Waals surface area contributed by atoms with E-state index in [0.717, 1.165) is 50.1 Å². The van der Waals surface area contributed by atoms with Crippen molar-refractivity contribution in [2.45, 2.75) is 58.9 Å². The molecule has 1 aliphatic rings. The van der Waals surface area contributed by atoms with E-state index in [1.165, 1.54) is 10.4 Å². The zero-order chi connectivity index (χ0) is 15.4. The van der Waals surface area contributed by atoms with Gasteiger partial charge in [-0.3, -0.25) is 4.79 Å². The number of rotatable bonds is 5. The van der Waals surface area contributed by atoms with Crippen LogP contribution in [0.1, 0.15) is 60.1 Å². The fraction of sp³-hybridized carbons (Fsp3) is 0.706. The van der Waals surface area contributed by atoms with Crippen molar-refractivity contribution < 1.29 is 4.79 Å². The predicted molar refractivity (Wildman–Crippen MR) is 90.0 cm³/mol. The van der Waals surface area contributed by atoms with Gasteiger partial charge in [0.2, 0.25) is 0 Å². The van der Waals surface area contributed by atoms with Crippen molar-refractivity contribution in [1.29, 1.82) is 0 Å². The van der Waals surface area contributed by atoms with Crippen LogP contribution < -0.4 is 5.73 Å². The van der Waals surface area contributed by atoms with Crippen molar-refractivity contribution in [3.8, 4) is 0 Å². The van der Waals surface area contributed by atoms with Crippen molar-refractivity contribution in [2.24, 2.45) is 11.7 Å². The van der Waals surface area contributed by atoms with Gasteiger partial charge in [-0.1, -0.05) is 20.3 Å². The smallest absolute Gasteiger partial charge is 0.263 e. The van der Waals surface area contributed by atoms with Crippen molar-refractivity contribution in [3.05, 3.63) is 21.4 Å². The third-order valence-corrected chi connectivity index (χ3v) is 5.76. The molecule has 118 valence electrons. The van der Waals surface area contributed by atoms with Crippen LogP contribution in [0.4, 0.5) is 0 Å². The van der Waals surface area contributed by atoms with Gasteiger partial charge in [0.05, 0.1) is 4.88 Å². The average molecular weight is 308 g/mol. The first kappa shape index (κ1) is 16.5. The van der Waals surface area contributed by atoms with Crippen LogP contribution in [-0.2, 0) is 12.8 Å². The molecule has 1 fully saturated rings. The number of carbonyl (C=O) groups is 1. The molecule has 0 bridgehead atoms. The Morgan fingerprint density at radius 2 is 2.10 bits per heavy atom. The molecule has 21 heavy (non-hydrogen) atoms. The zero-order valence-corrected chi connectivity index (χ0v) is 14.3. The van der Waals surface area contributed by atoms with Gasteiger partial charge in [0.1, 0.15) is 0 Å². The fourth-order valence-electron chi connectivity index (χ4n) is 3.09. The highest BCUT2D eigenvalue weighted by Gasteiger charge is 2.26. The van der Waals surface area contributed by atoms with Crippen LogP contribution in [0.15, 0.2) is 6.07 Å². The van der Waals surface area contributed by atoms with Crippen molar-refractivity contribution in [1.82, 2.24) is 4.90 Å². The lowest BCUT2D eigenvalue weighted by atomic mass is 9.91. The van der Waals surface area contributed by atoms with Crippen LogP contribution in [0.25, 0.3) is 0 Å². The molecule has 1 saturated heterocycles. The second kappa shape index (κ2) is 7.41. The number of likely N-dealkylation sites (tertiary alicyclic amines) is 1. The fourth-order valence-corrected chi connectivity index (χ4v) is 4.42. The molecule has 1 aromatic heterocycles. The standard InChI is InChI=1S/C17H28N2OS/c1-4-6-15-13(5-2)11-16(21-15)17(20)19-9-7-14(8-10-19)12(3)18/h11-12,14H,4-10,18H2,1-3H3. The number of nitrogens with two attached hydrogens (primary N) is 1. The largest absolute Gasteiger partial charge is 0.338 e. The van der Waals surface area contributed by atoms with Gasteiger partial charge in [-0.25, -0.2) is 0 Å². The molecule has 0 aromatic carbocycles. The first-order chi connectivity index (χ1) is 10.1. The SMILES string of the molecule is CCCc1sc(C(=O)N2CCC(C(C)N)CC2)cc1CC. The molecule has 4 heteroatoms. The van der Waals surface area contributed by atoms with Crippen LogP contribution in [0.5, 0.6) is 0 Å². The van der Waals surface area contributed by atoms with E-state index in [4.69, 9.17) is 5.73 Å². The summed E-state index contributed by atoms with van der Waals surface area (Å²) in [4.78, 5) is 17.0. The van der Waals surface area contributed by atoms with E-state index in [9.17, 15) is 4.79 Å². The predicted octanol–water partition coefficient (Wildman–Crippen LogP) is 3.46. The summed E-state index contributed by atoms with van der Waals surface area (Å²) in [6.45, 7) is 8.15. The van der Waals surface area contributed by atoms with Crippen molar-refractivity contribution in [3.63, 3.8) is 0 Å². The molecule has 1 amide bonds. The number of thiophene rings is 1. The van der Waals surface area contributed by atoms with E-state index in [0.29, 0.717) is 5.92 Å². The number of amides is 1. The minimum absolute atomic E-state index is 0.222. The summed E-state index contributed by atoms with van der Waals surface area (Å²) < 4.78 is 0. The Morgan fingerprint density at radius 3 is 2.62 bits per heavy atom. The van der Waals surface area contributed by atoms with Crippen LogP contribution in [0.3, 0.4) is 0 Å². The molecule has 0 saturated carbocycles. The molecular weight excluding hydrogens is 280 g/mol. The van der Waals surface area contributed by atoms with Crippen molar-refractivity contribution >= 4 is 17.2 Å². The first-order valence-corrected chi connectivity index (χ1v) is 9.04. The van der Waals surface area contributed by atoms with Gasteiger partial charge >= 0.3 is 0 Å². The monoisotopic (exact) mass is 308 g/mol. The van der Waals surface area contributed by atoms with E-state index in [-0.39, 0.29) is 11.9 Å². The lowest BCUT2D eigenvalue weighted by Crippen LogP contribution is -2.42. The molecule has 1 aliphatic heterocycles. The van der Waals surface area contributed by atoms with Gasteiger partial charge in [0, 0.05) is 24.0 Å². The zero-order valence-electron chi connectivity index (χ0n) is 13.5. The van der Waals surface area contributed by atoms with Crippen molar-refractivity contribution in [2.75, 3.05) is 13.1 Å². The van der Waals surface area contributed by atoms with Gasteiger partial charge in [-0.2, -0.15) is 0 Å². The molecule has 1 atom stereocenters. The van der Waals surface area contributed by atoms with Crippen LogP contribution in [0.2, 0.25) is 0 Å². The topological polar surface area (TPSA) is 46.3 Å². The highest BCUT2D eigenvalue weighted by atomic mass is 32.1. The van der Waals surface area contributed by atoms with E-state index < -0.39 is 0 Å². The quantitative estimate of drug-likeness (QED) is 0.905. The van der Waals surface area contributed by atoms with E-state index in [2.05, 4.69) is 26.8 Å². The minimum atomic E-state index is 0.222. The second-order valence-electron chi connectivity index (χ2n) is 6.15. The summed E-state index contributed by atoms with van der Waals surface area (Å²) in [6, 6.07) is 2.36. The summed E-state index contributed by atoms with van der Waals surface area (Å²) in [7, 11) is 0. The summed E-state index contributed by atoms with van der Waals surface area (Å²) in [5.41, 5.74) is 7.33. The van der Waals surface area contributed by atoms with E-state index >= 15 is 0 Å². The Hall–Kier alpha value is -0.870. The molecule has 2 rings (SSSR count). The molecule has 1 unspecified atom stereocenters. The van der Waals surface area contributed by atoms with Gasteiger partial charge in [-0.15, -0.1) is 11.3 Å².